The summed E-state index contributed by atoms with van der Waals surface area (Å²) in [6.45, 7) is 4.19. The van der Waals surface area contributed by atoms with Crippen LogP contribution in [0.15, 0.2) is 16.3 Å². The van der Waals surface area contributed by atoms with Crippen LogP contribution in [-0.2, 0) is 9.71 Å². The van der Waals surface area contributed by atoms with Crippen LogP contribution >= 0.6 is 11.3 Å². The average Bonchev–Trinajstić information content (AvgIpc) is 2.30. The van der Waals surface area contributed by atoms with Gasteiger partial charge in [0.15, 0.2) is 0 Å². The summed E-state index contributed by atoms with van der Waals surface area (Å²) in [6.07, 6.45) is 0. The molecule has 68 valence electrons. The van der Waals surface area contributed by atoms with Crippen molar-refractivity contribution in [2.75, 3.05) is 0 Å². The molecule has 4 heteroatoms. The van der Waals surface area contributed by atoms with Gasteiger partial charge in [0, 0.05) is 4.88 Å². The highest BCUT2D eigenvalue weighted by Crippen LogP contribution is 2.26. The lowest BCUT2D eigenvalue weighted by molar-refractivity contribution is 0.684. The first kappa shape index (κ1) is 9.77. The molecule has 0 amide bonds. The molecule has 1 aromatic rings. The largest absolute Gasteiger partial charge is 0.255 e. The van der Waals surface area contributed by atoms with Gasteiger partial charge in [-0.25, -0.2) is 4.21 Å². The lowest BCUT2D eigenvalue weighted by Crippen LogP contribution is -2.09. The Labute approximate surface area is 77.6 Å². The van der Waals surface area contributed by atoms with E-state index < -0.39 is 9.71 Å². The minimum atomic E-state index is -2.50. The number of thiophene rings is 1. The maximum Gasteiger partial charge on any atom is 0.0967 e. The fraction of sp³-hybridized carbons (Fsp3) is 0.375. The van der Waals surface area contributed by atoms with E-state index in [9.17, 15) is 4.21 Å². The van der Waals surface area contributed by atoms with E-state index in [1.54, 1.807) is 6.07 Å². The zero-order valence-corrected chi connectivity index (χ0v) is 8.87. The van der Waals surface area contributed by atoms with Crippen LogP contribution in [0.4, 0.5) is 0 Å². The predicted molar refractivity (Wildman–Crippen MR) is 56.1 cm³/mol. The van der Waals surface area contributed by atoms with E-state index in [0.717, 1.165) is 0 Å². The van der Waals surface area contributed by atoms with E-state index in [4.69, 9.17) is 5.14 Å². The van der Waals surface area contributed by atoms with Crippen LogP contribution in [0.3, 0.4) is 0 Å². The van der Waals surface area contributed by atoms with Gasteiger partial charge in [-0.05, 0) is 23.9 Å². The van der Waals surface area contributed by atoms with Gasteiger partial charge >= 0.3 is 0 Å². The zero-order chi connectivity index (χ0) is 9.35. The Balaban J connectivity index is 3.09. The summed E-state index contributed by atoms with van der Waals surface area (Å²) in [7, 11) is -2.50. The molecule has 0 radical (unpaired) electrons. The number of hydrogen-bond donors (Lipinski definition) is 1. The summed E-state index contributed by atoms with van der Waals surface area (Å²) in [6, 6.07) is 3.76. The normalized spacial score (nSPS) is 16.3. The first-order valence-corrected chi connectivity index (χ1v) is 6.26. The molecule has 2 nitrogen and oxygen atoms in total. The van der Waals surface area contributed by atoms with Gasteiger partial charge in [0.1, 0.15) is 0 Å². The van der Waals surface area contributed by atoms with Crippen molar-refractivity contribution in [2.45, 2.75) is 24.0 Å². The highest BCUT2D eigenvalue weighted by Gasteiger charge is 2.07. The first-order chi connectivity index (χ1) is 5.41. The number of hydrogen-bond acceptors (Lipinski definition) is 2. The highest BCUT2D eigenvalue weighted by molar-refractivity contribution is 8.00. The molecule has 2 N–H and O–H groups in total. The van der Waals surface area contributed by atoms with Crippen LogP contribution in [0.2, 0.25) is 0 Å². The Morgan fingerprint density at radius 3 is 2.42 bits per heavy atom. The van der Waals surface area contributed by atoms with Crippen molar-refractivity contribution in [1.82, 2.24) is 0 Å². The van der Waals surface area contributed by atoms with Gasteiger partial charge in [-0.2, -0.15) is 0 Å². The van der Waals surface area contributed by atoms with E-state index in [0.29, 0.717) is 10.1 Å². The van der Waals surface area contributed by atoms with E-state index >= 15 is 0 Å². The van der Waals surface area contributed by atoms with Gasteiger partial charge < -0.3 is 0 Å². The molecule has 0 aliphatic heterocycles. The molecule has 1 heterocycles. The van der Waals surface area contributed by atoms with Crippen molar-refractivity contribution < 1.29 is 4.21 Å². The molecule has 0 spiro atoms. The maximum absolute atomic E-state index is 11.3. The van der Waals surface area contributed by atoms with Gasteiger partial charge in [-0.15, -0.1) is 11.3 Å². The molecule has 0 saturated carbocycles. The quantitative estimate of drug-likeness (QED) is 0.732. The molecule has 0 saturated heterocycles. The van der Waals surface area contributed by atoms with E-state index in [1.165, 1.54) is 16.2 Å². The molecule has 0 aliphatic rings. The Hall–Kier alpha value is -0.320. The van der Waals surface area contributed by atoms with Crippen LogP contribution in [-0.4, -0.2) is 10.1 Å². The molecule has 0 aliphatic carbocycles. The molecule has 1 unspecified atom stereocenters. The second-order valence-electron chi connectivity index (χ2n) is 3.04. The van der Waals surface area contributed by atoms with Crippen LogP contribution in [0.25, 0.3) is 0 Å². The summed E-state index contributed by atoms with van der Waals surface area (Å²) in [4.78, 5) is 1.20. The van der Waals surface area contributed by atoms with Gasteiger partial charge in [-0.3, -0.25) is 5.14 Å². The van der Waals surface area contributed by atoms with Crippen LogP contribution in [0, 0.1) is 0 Å². The Morgan fingerprint density at radius 1 is 1.58 bits per heavy atom. The minimum absolute atomic E-state index is 0.463. The molecule has 0 bridgehead atoms. The van der Waals surface area contributed by atoms with Gasteiger partial charge in [0.25, 0.3) is 0 Å². The Morgan fingerprint density at radius 2 is 2.17 bits per heavy atom. The van der Waals surface area contributed by atoms with Crippen molar-refractivity contribution in [3.63, 3.8) is 0 Å². The number of nitrogens with two attached hydrogens (primary N) is 1. The molecule has 0 fully saturated rings. The summed E-state index contributed by atoms with van der Waals surface area (Å²) in [5.41, 5.74) is 0. The van der Waals surface area contributed by atoms with Crippen molar-refractivity contribution in [3.8, 4) is 0 Å². The average molecular weight is 203 g/mol. The van der Waals surface area contributed by atoms with Crippen LogP contribution in [0.1, 0.15) is 24.6 Å². The lowest BCUT2D eigenvalue weighted by atomic mass is 10.2. The molecular formula is C8H13NOS2. The van der Waals surface area contributed by atoms with Crippen LogP contribution < -0.4 is 5.14 Å². The van der Waals surface area contributed by atoms with Crippen LogP contribution in [0.5, 0.6) is 0 Å². The standard InChI is InChI=1S/C8H13NOS2/c1-6(2)7-4-5-8(11-7)12(3,9)10/h4-6H,3H2,1-2H3,(H2,9,10). The fourth-order valence-electron chi connectivity index (χ4n) is 0.830. The van der Waals surface area contributed by atoms with E-state index in [2.05, 4.69) is 19.7 Å². The maximum atomic E-state index is 11.3. The fourth-order valence-corrected chi connectivity index (χ4v) is 2.72. The van der Waals surface area contributed by atoms with E-state index in [1.807, 2.05) is 6.07 Å². The van der Waals surface area contributed by atoms with Crippen molar-refractivity contribution in [2.24, 2.45) is 5.14 Å². The van der Waals surface area contributed by atoms with Gasteiger partial charge in [0.05, 0.1) is 13.9 Å². The minimum Gasteiger partial charge on any atom is -0.255 e. The predicted octanol–water partition coefficient (Wildman–Crippen LogP) is 1.82. The molecule has 12 heavy (non-hydrogen) atoms. The molecule has 1 rings (SSSR count). The van der Waals surface area contributed by atoms with Crippen molar-refractivity contribution in [3.05, 3.63) is 17.0 Å². The van der Waals surface area contributed by atoms with E-state index in [-0.39, 0.29) is 0 Å². The smallest absolute Gasteiger partial charge is 0.0967 e. The highest BCUT2D eigenvalue weighted by atomic mass is 32.2. The summed E-state index contributed by atoms with van der Waals surface area (Å²) < 4.78 is 12.0. The first-order valence-electron chi connectivity index (χ1n) is 3.66. The van der Waals surface area contributed by atoms with Crippen molar-refractivity contribution >= 4 is 26.9 Å². The Bertz CT molecular complexity index is 362. The van der Waals surface area contributed by atoms with Crippen molar-refractivity contribution in [1.29, 1.82) is 0 Å². The third kappa shape index (κ3) is 2.09. The zero-order valence-electron chi connectivity index (χ0n) is 7.24. The molecule has 0 aromatic carbocycles. The number of rotatable bonds is 2. The SMILES string of the molecule is C=S(N)(=O)c1ccc(C(C)C)s1. The topological polar surface area (TPSA) is 43.1 Å². The monoisotopic (exact) mass is 203 g/mol. The molecule has 1 atom stereocenters. The molecular weight excluding hydrogens is 190 g/mol. The lowest BCUT2D eigenvalue weighted by Gasteiger charge is -1.98. The molecule has 1 aromatic heterocycles. The summed E-state index contributed by atoms with van der Waals surface area (Å²) in [5.74, 6) is 3.89. The summed E-state index contributed by atoms with van der Waals surface area (Å²) >= 11 is 1.48. The van der Waals surface area contributed by atoms with Gasteiger partial charge in [-0.1, -0.05) is 13.8 Å². The third-order valence-electron chi connectivity index (χ3n) is 1.51. The summed E-state index contributed by atoms with van der Waals surface area (Å²) in [5, 5.41) is 5.40. The Kier molecular flexibility index (Phi) is 2.61. The second-order valence-corrected chi connectivity index (χ2v) is 6.30. The van der Waals surface area contributed by atoms with Gasteiger partial charge in [0.2, 0.25) is 0 Å². The third-order valence-corrected chi connectivity index (χ3v) is 4.61. The second kappa shape index (κ2) is 3.20.